The molecule has 11 nitrogen and oxygen atoms in total. The van der Waals surface area contributed by atoms with Crippen molar-refractivity contribution in [1.82, 2.24) is 14.8 Å². The molecule has 1 fully saturated rings. The van der Waals surface area contributed by atoms with Gasteiger partial charge in [-0.2, -0.15) is 5.26 Å². The van der Waals surface area contributed by atoms with Crippen molar-refractivity contribution in [2.45, 2.75) is 71.9 Å². The molecular formula is C42H48ClIN4O7. The van der Waals surface area contributed by atoms with Crippen LogP contribution in [0, 0.1) is 32.1 Å². The highest BCUT2D eigenvalue weighted by molar-refractivity contribution is 14.1. The molecule has 1 aliphatic rings. The molecule has 292 valence electrons. The summed E-state index contributed by atoms with van der Waals surface area (Å²) in [6.45, 7) is 10.9. The molecule has 1 saturated heterocycles. The number of nitrogens with zero attached hydrogens (tertiary/aromatic N) is 4. The summed E-state index contributed by atoms with van der Waals surface area (Å²) in [4.78, 5) is 20.2. The van der Waals surface area contributed by atoms with Crippen LogP contribution in [0.5, 0.6) is 17.2 Å². The van der Waals surface area contributed by atoms with E-state index in [2.05, 4.69) is 41.9 Å². The number of carboxylic acids is 1. The number of hydrogen-bond acceptors (Lipinski definition) is 10. The molecule has 1 aliphatic heterocycles. The van der Waals surface area contributed by atoms with Gasteiger partial charge in [-0.15, -0.1) is 0 Å². The lowest BCUT2D eigenvalue weighted by molar-refractivity contribution is -0.152. The highest BCUT2D eigenvalue weighted by Gasteiger charge is 2.38. The van der Waals surface area contributed by atoms with Crippen LogP contribution in [-0.2, 0) is 27.6 Å². The summed E-state index contributed by atoms with van der Waals surface area (Å²) >= 11 is 8.96. The average Bonchev–Trinajstić information content (AvgIpc) is 3.66. The quantitative estimate of drug-likeness (QED) is 0.0748. The molecule has 0 aliphatic carbocycles. The molecule has 13 heteroatoms. The first-order valence-electron chi connectivity index (χ1n) is 18.2. The molecule has 4 aromatic rings. The Morgan fingerprint density at radius 1 is 1.04 bits per heavy atom. The van der Waals surface area contributed by atoms with Gasteiger partial charge in [-0.05, 0) is 93.1 Å². The SMILES string of the molecule is Cc1c(COc2cc(OCc3cncc(C#N)c3)c(CN(C)[C@@](C)(CO)C(=O)O)c(C)c2Cl)cccc1-c1cccc(OCCCN2CC[C@@H](OI)C2)c1C. The van der Waals surface area contributed by atoms with Gasteiger partial charge in [-0.25, -0.2) is 0 Å². The molecule has 0 saturated carbocycles. The third-order valence-electron chi connectivity index (χ3n) is 10.5. The number of nitriles is 1. The fourth-order valence-corrected chi connectivity index (χ4v) is 7.29. The number of rotatable bonds is 18. The van der Waals surface area contributed by atoms with Crippen molar-refractivity contribution in [3.8, 4) is 34.4 Å². The molecule has 55 heavy (non-hydrogen) atoms. The van der Waals surface area contributed by atoms with Gasteiger partial charge >= 0.3 is 5.97 Å². The van der Waals surface area contributed by atoms with Crippen LogP contribution in [0.25, 0.3) is 11.1 Å². The third kappa shape index (κ3) is 10.1. The minimum Gasteiger partial charge on any atom is -0.493 e. The van der Waals surface area contributed by atoms with Gasteiger partial charge in [0.15, 0.2) is 0 Å². The highest BCUT2D eigenvalue weighted by atomic mass is 127. The van der Waals surface area contributed by atoms with Crippen LogP contribution >= 0.6 is 34.6 Å². The summed E-state index contributed by atoms with van der Waals surface area (Å²) in [5.41, 5.74) is 6.08. The van der Waals surface area contributed by atoms with Crippen molar-refractivity contribution in [2.75, 3.05) is 39.9 Å². The van der Waals surface area contributed by atoms with Crippen LogP contribution in [0.3, 0.4) is 0 Å². The van der Waals surface area contributed by atoms with Gasteiger partial charge in [-0.3, -0.25) is 14.7 Å². The number of carbonyl (C=O) groups is 1. The molecule has 2 atom stereocenters. The Labute approximate surface area is 342 Å². The summed E-state index contributed by atoms with van der Waals surface area (Å²) in [7, 11) is 1.62. The number of carboxylic acid groups (broad SMARTS) is 1. The molecule has 5 rings (SSSR count). The summed E-state index contributed by atoms with van der Waals surface area (Å²) in [5, 5.41) is 29.6. The van der Waals surface area contributed by atoms with E-state index in [4.69, 9.17) is 28.9 Å². The zero-order valence-corrected chi connectivity index (χ0v) is 34.8. The van der Waals surface area contributed by atoms with E-state index in [1.165, 1.54) is 13.1 Å². The topological polar surface area (TPSA) is 138 Å². The summed E-state index contributed by atoms with van der Waals surface area (Å²) < 4.78 is 24.5. The Kier molecular flexibility index (Phi) is 14.8. The second kappa shape index (κ2) is 19.3. The number of benzene rings is 3. The summed E-state index contributed by atoms with van der Waals surface area (Å²) in [6, 6.07) is 17.8. The van der Waals surface area contributed by atoms with Crippen molar-refractivity contribution in [2.24, 2.45) is 0 Å². The summed E-state index contributed by atoms with van der Waals surface area (Å²) in [6.07, 6.45) is 5.41. The number of aromatic nitrogens is 1. The molecule has 3 aromatic carbocycles. The van der Waals surface area contributed by atoms with E-state index in [0.29, 0.717) is 51.5 Å². The van der Waals surface area contributed by atoms with Gasteiger partial charge in [0.2, 0.25) is 0 Å². The number of aliphatic hydroxyl groups is 1. The van der Waals surface area contributed by atoms with Crippen molar-refractivity contribution in [1.29, 1.82) is 5.26 Å². The molecule has 0 radical (unpaired) electrons. The average molecular weight is 883 g/mol. The highest BCUT2D eigenvalue weighted by Crippen LogP contribution is 2.40. The van der Waals surface area contributed by atoms with Crippen molar-refractivity contribution in [3.05, 3.63) is 105 Å². The number of pyridine rings is 1. The maximum atomic E-state index is 12.1. The minimum atomic E-state index is -1.55. The number of aliphatic hydroxyl groups excluding tert-OH is 1. The first kappa shape index (κ1) is 42.2. The Balaban J connectivity index is 1.35. The molecular weight excluding hydrogens is 835 g/mol. The van der Waals surface area contributed by atoms with E-state index in [1.807, 2.05) is 54.2 Å². The molecule has 0 unspecified atom stereocenters. The fourth-order valence-electron chi connectivity index (χ4n) is 6.65. The van der Waals surface area contributed by atoms with Gasteiger partial charge in [-0.1, -0.05) is 41.9 Å². The van der Waals surface area contributed by atoms with Gasteiger partial charge in [0.05, 0.1) is 29.9 Å². The second-order valence-corrected chi connectivity index (χ2v) is 15.1. The standard InChI is InChI=1S/C42H48ClIN4O7/c1-27-32(9-6-10-34(27)35-11-7-12-37(28(35)2)52-16-8-14-48-15-13-33(22-48)55-44)25-54-39-18-38(53-24-31-17-30(19-45)20-46-21-31)36(29(3)40(39)43)23-47(5)42(4,26-49)41(50)51/h6-7,9-12,17-18,20-21,33,49H,8,13-16,22-26H2,1-5H3,(H,50,51)/t33-,42+/m1/s1. The number of aliphatic carboxylic acids is 1. The van der Waals surface area contributed by atoms with E-state index in [-0.39, 0.29) is 19.8 Å². The number of likely N-dealkylation sites (N-methyl/N-ethyl adjacent to an activating group) is 1. The molecule has 2 N–H and O–H groups in total. The zero-order valence-electron chi connectivity index (χ0n) is 31.9. The first-order chi connectivity index (χ1) is 26.4. The summed E-state index contributed by atoms with van der Waals surface area (Å²) in [5.74, 6) is 0.528. The van der Waals surface area contributed by atoms with Crippen LogP contribution in [0.2, 0.25) is 5.02 Å². The van der Waals surface area contributed by atoms with Gasteiger partial charge in [0.25, 0.3) is 0 Å². The molecule has 0 bridgehead atoms. The van der Waals surface area contributed by atoms with E-state index >= 15 is 0 Å². The van der Waals surface area contributed by atoms with Crippen molar-refractivity contribution >= 4 is 40.6 Å². The number of halogens is 2. The lowest BCUT2D eigenvalue weighted by atomic mass is 9.93. The Bertz CT molecular complexity index is 2020. The molecule has 0 amide bonds. The Morgan fingerprint density at radius 3 is 2.45 bits per heavy atom. The van der Waals surface area contributed by atoms with Crippen LogP contribution in [0.15, 0.2) is 60.9 Å². The maximum absolute atomic E-state index is 12.1. The zero-order chi connectivity index (χ0) is 39.7. The molecule has 2 heterocycles. The van der Waals surface area contributed by atoms with E-state index in [9.17, 15) is 20.3 Å². The smallest absolute Gasteiger partial charge is 0.326 e. The van der Waals surface area contributed by atoms with Crippen LogP contribution in [-0.4, -0.2) is 82.5 Å². The Morgan fingerprint density at radius 2 is 1.76 bits per heavy atom. The second-order valence-electron chi connectivity index (χ2n) is 14.2. The van der Waals surface area contributed by atoms with E-state index in [1.54, 1.807) is 30.3 Å². The van der Waals surface area contributed by atoms with Gasteiger partial charge in [0, 0.05) is 55.8 Å². The molecule has 1 aromatic heterocycles. The number of hydrogen-bond donors (Lipinski definition) is 2. The lowest BCUT2D eigenvalue weighted by Gasteiger charge is -2.34. The monoisotopic (exact) mass is 882 g/mol. The predicted molar refractivity (Wildman–Crippen MR) is 220 cm³/mol. The predicted octanol–water partition coefficient (Wildman–Crippen LogP) is 7.83. The number of ether oxygens (including phenoxy) is 3. The number of likely N-dealkylation sites (tertiary alicyclic amines) is 1. The Hall–Kier alpha value is -3.97. The first-order valence-corrected chi connectivity index (χ1v) is 19.4. The van der Waals surface area contributed by atoms with Crippen LogP contribution in [0.1, 0.15) is 58.7 Å². The lowest BCUT2D eigenvalue weighted by Crippen LogP contribution is -2.53. The normalized spacial score (nSPS) is 15.5. The minimum absolute atomic E-state index is 0.0895. The van der Waals surface area contributed by atoms with E-state index in [0.717, 1.165) is 66.0 Å². The van der Waals surface area contributed by atoms with Crippen molar-refractivity contribution < 1.29 is 32.3 Å². The van der Waals surface area contributed by atoms with Gasteiger partial charge in [0.1, 0.15) is 65.1 Å². The largest absolute Gasteiger partial charge is 0.493 e. The van der Waals surface area contributed by atoms with E-state index < -0.39 is 18.1 Å². The van der Waals surface area contributed by atoms with Crippen LogP contribution < -0.4 is 14.2 Å². The maximum Gasteiger partial charge on any atom is 0.326 e. The van der Waals surface area contributed by atoms with Gasteiger partial charge < -0.3 is 32.4 Å². The molecule has 0 spiro atoms. The van der Waals surface area contributed by atoms with Crippen molar-refractivity contribution in [3.63, 3.8) is 0 Å². The third-order valence-corrected chi connectivity index (χ3v) is 11.7. The fraction of sp³-hybridized carbons (Fsp3) is 0.405. The van der Waals surface area contributed by atoms with Crippen LogP contribution in [0.4, 0.5) is 0 Å².